The Labute approximate surface area is 132 Å². The van der Waals surface area contributed by atoms with Crippen LogP contribution in [0.1, 0.15) is 86.5 Å². The summed E-state index contributed by atoms with van der Waals surface area (Å²) in [7, 11) is 0. The maximum Gasteiger partial charge on any atom is 0.0653 e. The Bertz CT molecular complexity index is 404. The molecule has 4 atom stereocenters. The highest BCUT2D eigenvalue weighted by molar-refractivity contribution is 5.08. The summed E-state index contributed by atoms with van der Waals surface area (Å²) in [6, 6.07) is 0. The second kappa shape index (κ2) is 5.72. The van der Waals surface area contributed by atoms with Crippen molar-refractivity contribution in [1.29, 1.82) is 0 Å². The lowest BCUT2D eigenvalue weighted by Gasteiger charge is -2.61. The van der Waals surface area contributed by atoms with Crippen LogP contribution in [0.25, 0.3) is 0 Å². The molecule has 0 aromatic heterocycles. The average molecular weight is 293 g/mol. The normalized spacial score (nSPS) is 43.5. The van der Waals surface area contributed by atoms with E-state index < -0.39 is 5.60 Å². The molecule has 2 aliphatic rings. The van der Waals surface area contributed by atoms with Crippen LogP contribution in [0.5, 0.6) is 0 Å². The van der Waals surface area contributed by atoms with Crippen molar-refractivity contribution in [2.75, 3.05) is 0 Å². The number of rotatable bonds is 3. The number of hydrogen-bond donors (Lipinski definition) is 1. The third-order valence-corrected chi connectivity index (χ3v) is 7.08. The van der Waals surface area contributed by atoms with Crippen LogP contribution >= 0.6 is 0 Å². The van der Waals surface area contributed by atoms with Gasteiger partial charge in [-0.1, -0.05) is 38.8 Å². The van der Waals surface area contributed by atoms with E-state index in [2.05, 4.69) is 47.6 Å². The van der Waals surface area contributed by atoms with Crippen molar-refractivity contribution in [3.63, 3.8) is 0 Å². The van der Waals surface area contributed by atoms with E-state index in [1.807, 2.05) is 0 Å². The predicted octanol–water partition coefficient (Wildman–Crippen LogP) is 5.73. The molecule has 1 nitrogen and oxygen atoms in total. The minimum atomic E-state index is -0.479. The van der Waals surface area contributed by atoms with Crippen LogP contribution < -0.4 is 0 Å². The van der Waals surface area contributed by atoms with E-state index in [9.17, 15) is 5.11 Å². The first-order chi connectivity index (χ1) is 9.63. The summed E-state index contributed by atoms with van der Waals surface area (Å²) in [6.07, 6.45) is 10.7. The van der Waals surface area contributed by atoms with Gasteiger partial charge in [-0.25, -0.2) is 0 Å². The lowest BCUT2D eigenvalue weighted by molar-refractivity contribution is -0.168. The van der Waals surface area contributed by atoms with Gasteiger partial charge in [0.1, 0.15) is 0 Å². The molecule has 0 saturated heterocycles. The van der Waals surface area contributed by atoms with Gasteiger partial charge >= 0.3 is 0 Å². The zero-order chi connectivity index (χ0) is 15.9. The van der Waals surface area contributed by atoms with Crippen LogP contribution in [0.2, 0.25) is 0 Å². The molecule has 0 bridgehead atoms. The van der Waals surface area contributed by atoms with Gasteiger partial charge in [0.2, 0.25) is 0 Å². The fourth-order valence-corrected chi connectivity index (χ4v) is 5.78. The Balaban J connectivity index is 2.28. The highest BCUT2D eigenvalue weighted by atomic mass is 16.3. The molecule has 1 heteroatoms. The zero-order valence-corrected chi connectivity index (χ0v) is 15.1. The van der Waals surface area contributed by atoms with E-state index in [1.54, 1.807) is 0 Å². The van der Waals surface area contributed by atoms with Crippen molar-refractivity contribution in [2.24, 2.45) is 22.7 Å². The molecular weight excluding hydrogens is 256 g/mol. The summed E-state index contributed by atoms with van der Waals surface area (Å²) in [6.45, 7) is 13.9. The first kappa shape index (κ1) is 17.1. The minimum Gasteiger partial charge on any atom is -0.390 e. The lowest BCUT2D eigenvalue weighted by Crippen LogP contribution is -2.57. The molecule has 0 aromatic carbocycles. The summed E-state index contributed by atoms with van der Waals surface area (Å²) in [5.41, 5.74) is 1.74. The molecule has 21 heavy (non-hydrogen) atoms. The van der Waals surface area contributed by atoms with Crippen molar-refractivity contribution in [1.82, 2.24) is 0 Å². The molecule has 122 valence electrons. The molecule has 0 amide bonds. The fraction of sp³-hybridized carbons (Fsp3) is 0.900. The van der Waals surface area contributed by atoms with Crippen molar-refractivity contribution >= 4 is 0 Å². The monoisotopic (exact) mass is 292 g/mol. The smallest absolute Gasteiger partial charge is 0.0653 e. The molecule has 0 aromatic rings. The summed E-state index contributed by atoms with van der Waals surface area (Å²) >= 11 is 0. The number of fused-ring (bicyclic) bond motifs is 1. The largest absolute Gasteiger partial charge is 0.390 e. The molecule has 0 aliphatic heterocycles. The predicted molar refractivity (Wildman–Crippen MR) is 91.2 cm³/mol. The minimum absolute atomic E-state index is 0.317. The van der Waals surface area contributed by atoms with Crippen molar-refractivity contribution < 1.29 is 5.11 Å². The van der Waals surface area contributed by atoms with Crippen LogP contribution in [0.3, 0.4) is 0 Å². The molecule has 0 spiro atoms. The zero-order valence-electron chi connectivity index (χ0n) is 15.1. The van der Waals surface area contributed by atoms with Gasteiger partial charge in [-0.3, -0.25) is 0 Å². The number of allylic oxidation sites excluding steroid dienone is 2. The highest BCUT2D eigenvalue weighted by Gasteiger charge is 2.57. The topological polar surface area (TPSA) is 20.2 Å². The molecule has 2 saturated carbocycles. The Hall–Kier alpha value is -0.300. The van der Waals surface area contributed by atoms with Crippen LogP contribution in [0, 0.1) is 22.7 Å². The first-order valence-electron chi connectivity index (χ1n) is 8.98. The van der Waals surface area contributed by atoms with Crippen LogP contribution in [-0.4, -0.2) is 10.7 Å². The fourth-order valence-electron chi connectivity index (χ4n) is 5.78. The van der Waals surface area contributed by atoms with Gasteiger partial charge in [0, 0.05) is 0 Å². The van der Waals surface area contributed by atoms with Crippen molar-refractivity contribution in [3.8, 4) is 0 Å². The molecule has 1 N–H and O–H groups in total. The summed E-state index contributed by atoms with van der Waals surface area (Å²) in [5.74, 6) is 1.22. The summed E-state index contributed by atoms with van der Waals surface area (Å²) < 4.78 is 0. The van der Waals surface area contributed by atoms with E-state index in [4.69, 9.17) is 0 Å². The van der Waals surface area contributed by atoms with Crippen LogP contribution in [0.4, 0.5) is 0 Å². The Morgan fingerprint density at radius 2 is 1.81 bits per heavy atom. The van der Waals surface area contributed by atoms with Crippen molar-refractivity contribution in [2.45, 2.75) is 92.1 Å². The number of aliphatic hydroxyl groups is 1. The Morgan fingerprint density at radius 1 is 1.14 bits per heavy atom. The second-order valence-electron chi connectivity index (χ2n) is 9.02. The first-order valence-corrected chi connectivity index (χ1v) is 8.98. The van der Waals surface area contributed by atoms with Gasteiger partial charge in [-0.15, -0.1) is 0 Å². The molecule has 3 unspecified atom stereocenters. The van der Waals surface area contributed by atoms with E-state index in [0.717, 1.165) is 25.2 Å². The van der Waals surface area contributed by atoms with E-state index in [1.165, 1.54) is 31.3 Å². The quantitative estimate of drug-likeness (QED) is 0.659. The van der Waals surface area contributed by atoms with Crippen molar-refractivity contribution in [3.05, 3.63) is 11.6 Å². The maximum absolute atomic E-state index is 11.1. The van der Waals surface area contributed by atoms with Crippen LogP contribution in [0.15, 0.2) is 11.6 Å². The van der Waals surface area contributed by atoms with Gasteiger partial charge in [-0.05, 0) is 82.0 Å². The standard InChI is InChI=1S/C20H36O/c1-7-15(2)9-10-17-19(5)13-8-12-18(3,4)16(19)11-14-20(17,6)21/h7,16-17,21H,8-14H2,1-6H3/b15-7-/t16?,17?,19-,20?/m0/s1. The van der Waals surface area contributed by atoms with Gasteiger partial charge < -0.3 is 5.11 Å². The van der Waals surface area contributed by atoms with Gasteiger partial charge in [0.05, 0.1) is 5.60 Å². The molecule has 2 fully saturated rings. The lowest BCUT2D eigenvalue weighted by atomic mass is 9.45. The number of hydrogen-bond acceptors (Lipinski definition) is 1. The molecule has 0 radical (unpaired) electrons. The second-order valence-corrected chi connectivity index (χ2v) is 9.02. The molecule has 2 rings (SSSR count). The highest BCUT2D eigenvalue weighted by Crippen LogP contribution is 2.62. The van der Waals surface area contributed by atoms with E-state index >= 15 is 0 Å². The van der Waals surface area contributed by atoms with E-state index in [0.29, 0.717) is 16.7 Å². The van der Waals surface area contributed by atoms with Gasteiger partial charge in [-0.2, -0.15) is 0 Å². The molecule has 2 aliphatic carbocycles. The SMILES string of the molecule is C/C=C(/C)CCC1C(C)(O)CCC2C(C)(C)CCC[C@@]21C. The van der Waals surface area contributed by atoms with Gasteiger partial charge in [0.15, 0.2) is 0 Å². The summed E-state index contributed by atoms with van der Waals surface area (Å²) in [4.78, 5) is 0. The third kappa shape index (κ3) is 3.09. The molecular formula is C20H36O. The van der Waals surface area contributed by atoms with E-state index in [-0.39, 0.29) is 0 Å². The van der Waals surface area contributed by atoms with Gasteiger partial charge in [0.25, 0.3) is 0 Å². The Kier molecular flexibility index (Phi) is 4.65. The maximum atomic E-state index is 11.1. The molecule has 0 heterocycles. The average Bonchev–Trinajstić information content (AvgIpc) is 2.35. The summed E-state index contributed by atoms with van der Waals surface area (Å²) in [5, 5.41) is 11.1. The third-order valence-electron chi connectivity index (χ3n) is 7.08. The van der Waals surface area contributed by atoms with Crippen LogP contribution in [-0.2, 0) is 0 Å². The Morgan fingerprint density at radius 3 is 2.43 bits per heavy atom.